The number of piperidine rings is 1. The molecule has 0 aliphatic carbocycles. The number of para-hydroxylation sites is 2. The molecule has 2 aliphatic rings. The van der Waals surface area contributed by atoms with Gasteiger partial charge in [-0.05, 0) is 53.8 Å². The van der Waals surface area contributed by atoms with Crippen LogP contribution in [0.5, 0.6) is 0 Å². The molecule has 142 valence electrons. The fourth-order valence-corrected chi connectivity index (χ4v) is 4.59. The van der Waals surface area contributed by atoms with Gasteiger partial charge in [0.1, 0.15) is 5.54 Å². The topological polar surface area (TPSA) is 44.4 Å². The second kappa shape index (κ2) is 6.64. The van der Waals surface area contributed by atoms with Crippen molar-refractivity contribution in [2.75, 3.05) is 23.7 Å². The zero-order chi connectivity index (χ0) is 19.1. The Hall–Kier alpha value is -2.85. The Morgan fingerprint density at radius 2 is 1.57 bits per heavy atom. The van der Waals surface area contributed by atoms with E-state index in [1.54, 1.807) is 0 Å². The highest BCUT2D eigenvalue weighted by molar-refractivity contribution is 6.06. The van der Waals surface area contributed by atoms with Crippen molar-refractivity contribution >= 4 is 28.1 Å². The maximum Gasteiger partial charge on any atom is 0.250 e. The number of fused-ring (bicyclic) bond motifs is 2. The van der Waals surface area contributed by atoms with E-state index in [0.29, 0.717) is 0 Å². The molecule has 1 spiro atoms. The second-order valence-corrected chi connectivity index (χ2v) is 8.07. The third kappa shape index (κ3) is 2.85. The minimum absolute atomic E-state index is 0.103. The lowest BCUT2D eigenvalue weighted by Gasteiger charge is -2.44. The molecule has 3 aromatic carbocycles. The Balaban J connectivity index is 1.33. The molecule has 0 bridgehead atoms. The Morgan fingerprint density at radius 3 is 2.36 bits per heavy atom. The molecule has 0 aromatic heterocycles. The molecule has 0 unspecified atom stereocenters. The van der Waals surface area contributed by atoms with E-state index in [1.807, 2.05) is 24.3 Å². The monoisotopic (exact) mass is 371 g/mol. The maximum absolute atomic E-state index is 12.8. The lowest BCUT2D eigenvalue weighted by Crippen LogP contribution is -2.58. The van der Waals surface area contributed by atoms with E-state index in [2.05, 4.69) is 58.9 Å². The van der Waals surface area contributed by atoms with Crippen molar-refractivity contribution in [2.45, 2.75) is 31.8 Å². The molecule has 1 fully saturated rings. The molecule has 2 heterocycles. The molecule has 4 heteroatoms. The highest BCUT2D eigenvalue weighted by Gasteiger charge is 2.44. The summed E-state index contributed by atoms with van der Waals surface area (Å²) >= 11 is 0. The number of benzene rings is 3. The number of anilines is 2. The van der Waals surface area contributed by atoms with E-state index < -0.39 is 5.54 Å². The molecule has 5 rings (SSSR count). The molecule has 2 aliphatic heterocycles. The maximum atomic E-state index is 12.8. The minimum atomic E-state index is -0.486. The third-order valence-corrected chi connectivity index (χ3v) is 6.32. The molecule has 3 aromatic rings. The van der Waals surface area contributed by atoms with Gasteiger partial charge in [0.25, 0.3) is 0 Å². The van der Waals surface area contributed by atoms with Crippen LogP contribution in [0.4, 0.5) is 11.4 Å². The zero-order valence-electron chi connectivity index (χ0n) is 16.2. The standard InChI is InChI=1S/C24H25N3O/c1-17-10-11-18(20-7-3-2-6-19(17)20)16-27-14-12-24(13-15-27)23(28)25-21-8-4-5-9-22(21)26-24/h2-11,26H,12-16H2,1H3,(H,25,28). The molecule has 1 amide bonds. The van der Waals surface area contributed by atoms with Crippen molar-refractivity contribution in [3.05, 3.63) is 71.8 Å². The van der Waals surface area contributed by atoms with Gasteiger partial charge in [-0.1, -0.05) is 48.5 Å². The first-order valence-electron chi connectivity index (χ1n) is 10.0. The van der Waals surface area contributed by atoms with E-state index in [0.717, 1.165) is 43.9 Å². The normalized spacial score (nSPS) is 18.5. The molecular formula is C24H25N3O. The first-order valence-corrected chi connectivity index (χ1v) is 10.0. The molecule has 0 radical (unpaired) electrons. The van der Waals surface area contributed by atoms with Crippen LogP contribution < -0.4 is 10.6 Å². The van der Waals surface area contributed by atoms with E-state index in [9.17, 15) is 4.79 Å². The summed E-state index contributed by atoms with van der Waals surface area (Å²) in [6.07, 6.45) is 1.63. The third-order valence-electron chi connectivity index (χ3n) is 6.32. The minimum Gasteiger partial charge on any atom is -0.369 e. The van der Waals surface area contributed by atoms with Crippen LogP contribution in [-0.2, 0) is 11.3 Å². The van der Waals surface area contributed by atoms with Gasteiger partial charge < -0.3 is 10.6 Å². The van der Waals surface area contributed by atoms with Gasteiger partial charge in [0.2, 0.25) is 5.91 Å². The number of carbonyl (C=O) groups is 1. The van der Waals surface area contributed by atoms with Gasteiger partial charge in [-0.2, -0.15) is 0 Å². The van der Waals surface area contributed by atoms with Crippen LogP contribution in [-0.4, -0.2) is 29.4 Å². The van der Waals surface area contributed by atoms with E-state index in [-0.39, 0.29) is 5.91 Å². The van der Waals surface area contributed by atoms with Crippen molar-refractivity contribution < 1.29 is 4.79 Å². The van der Waals surface area contributed by atoms with Crippen LogP contribution in [0.25, 0.3) is 10.8 Å². The molecular weight excluding hydrogens is 346 g/mol. The van der Waals surface area contributed by atoms with E-state index >= 15 is 0 Å². The molecule has 2 N–H and O–H groups in total. The Kier molecular flexibility index (Phi) is 4.09. The Labute approximate surface area is 165 Å². The Bertz CT molecular complexity index is 1050. The predicted octanol–water partition coefficient (Wildman–Crippen LogP) is 4.55. The van der Waals surface area contributed by atoms with Crippen LogP contribution in [0.2, 0.25) is 0 Å². The summed E-state index contributed by atoms with van der Waals surface area (Å²) < 4.78 is 0. The molecule has 0 atom stereocenters. The number of nitrogens with one attached hydrogen (secondary N) is 2. The van der Waals surface area contributed by atoms with Crippen LogP contribution in [0.3, 0.4) is 0 Å². The smallest absolute Gasteiger partial charge is 0.250 e. The van der Waals surface area contributed by atoms with Gasteiger partial charge >= 0.3 is 0 Å². The summed E-state index contributed by atoms with van der Waals surface area (Å²) in [5.41, 5.74) is 4.11. The van der Waals surface area contributed by atoms with Gasteiger partial charge in [-0.3, -0.25) is 9.69 Å². The summed E-state index contributed by atoms with van der Waals surface area (Å²) in [5.74, 6) is 0.103. The highest BCUT2D eigenvalue weighted by Crippen LogP contribution is 2.36. The first-order chi connectivity index (χ1) is 13.6. The van der Waals surface area contributed by atoms with Crippen molar-refractivity contribution in [3.63, 3.8) is 0 Å². The predicted molar refractivity (Wildman–Crippen MR) is 115 cm³/mol. The molecule has 28 heavy (non-hydrogen) atoms. The van der Waals surface area contributed by atoms with Gasteiger partial charge in [0.15, 0.2) is 0 Å². The van der Waals surface area contributed by atoms with Gasteiger partial charge in [0, 0.05) is 19.6 Å². The summed E-state index contributed by atoms with van der Waals surface area (Å²) in [7, 11) is 0. The number of hydrogen-bond donors (Lipinski definition) is 2. The summed E-state index contributed by atoms with van der Waals surface area (Å²) in [6, 6.07) is 21.1. The highest BCUT2D eigenvalue weighted by atomic mass is 16.2. The number of hydrogen-bond acceptors (Lipinski definition) is 3. The summed E-state index contributed by atoms with van der Waals surface area (Å²) in [5, 5.41) is 9.31. The van der Waals surface area contributed by atoms with Crippen molar-refractivity contribution in [1.29, 1.82) is 0 Å². The second-order valence-electron chi connectivity index (χ2n) is 8.07. The quantitative estimate of drug-likeness (QED) is 0.695. The molecule has 4 nitrogen and oxygen atoms in total. The van der Waals surface area contributed by atoms with Gasteiger partial charge in [0.05, 0.1) is 11.4 Å². The van der Waals surface area contributed by atoms with Crippen LogP contribution in [0.15, 0.2) is 60.7 Å². The average Bonchev–Trinajstić information content (AvgIpc) is 2.73. The largest absolute Gasteiger partial charge is 0.369 e. The number of nitrogens with zero attached hydrogens (tertiary/aromatic N) is 1. The Morgan fingerprint density at radius 1 is 0.893 bits per heavy atom. The van der Waals surface area contributed by atoms with Crippen LogP contribution >= 0.6 is 0 Å². The van der Waals surface area contributed by atoms with E-state index in [1.165, 1.54) is 21.9 Å². The number of carbonyl (C=O) groups excluding carboxylic acids is 1. The number of aryl methyl sites for hydroxylation is 1. The van der Waals surface area contributed by atoms with Gasteiger partial charge in [-0.15, -0.1) is 0 Å². The van der Waals surface area contributed by atoms with Crippen LogP contribution in [0, 0.1) is 6.92 Å². The van der Waals surface area contributed by atoms with Gasteiger partial charge in [-0.25, -0.2) is 0 Å². The summed E-state index contributed by atoms with van der Waals surface area (Å²) in [6.45, 7) is 4.91. The van der Waals surface area contributed by atoms with Crippen molar-refractivity contribution in [2.24, 2.45) is 0 Å². The molecule has 1 saturated heterocycles. The van der Waals surface area contributed by atoms with Crippen molar-refractivity contribution in [3.8, 4) is 0 Å². The van der Waals surface area contributed by atoms with E-state index in [4.69, 9.17) is 0 Å². The average molecular weight is 371 g/mol. The fourth-order valence-electron chi connectivity index (χ4n) is 4.59. The fraction of sp³-hybridized carbons (Fsp3) is 0.292. The number of rotatable bonds is 2. The molecule has 0 saturated carbocycles. The first kappa shape index (κ1) is 17.3. The lowest BCUT2D eigenvalue weighted by atomic mass is 9.84. The van der Waals surface area contributed by atoms with Crippen molar-refractivity contribution in [1.82, 2.24) is 4.90 Å². The number of amides is 1. The SMILES string of the molecule is Cc1ccc(CN2CCC3(CC2)Nc2ccccc2NC3=O)c2ccccc12. The zero-order valence-corrected chi connectivity index (χ0v) is 16.2. The number of likely N-dealkylation sites (tertiary alicyclic amines) is 1. The lowest BCUT2D eigenvalue weighted by molar-refractivity contribution is -0.122. The summed E-state index contributed by atoms with van der Waals surface area (Å²) in [4.78, 5) is 15.3. The van der Waals surface area contributed by atoms with Crippen LogP contribution in [0.1, 0.15) is 24.0 Å².